The van der Waals surface area contributed by atoms with Crippen LogP contribution in [0.25, 0.3) is 0 Å². The van der Waals surface area contributed by atoms with Crippen LogP contribution in [-0.4, -0.2) is 24.9 Å². The molecule has 2 aromatic carbocycles. The molecule has 1 aliphatic rings. The third-order valence-corrected chi connectivity index (χ3v) is 5.60. The second kappa shape index (κ2) is 9.41. The molecule has 3 N–H and O–H groups in total. The van der Waals surface area contributed by atoms with Crippen LogP contribution in [0.5, 0.6) is 0 Å². The Kier molecular flexibility index (Phi) is 6.25. The van der Waals surface area contributed by atoms with Gasteiger partial charge in [0.1, 0.15) is 6.54 Å². The Morgan fingerprint density at radius 2 is 1.63 bits per heavy atom. The lowest BCUT2D eigenvalue weighted by Gasteiger charge is -2.31. The summed E-state index contributed by atoms with van der Waals surface area (Å²) in [6.45, 7) is 2.46. The van der Waals surface area contributed by atoms with E-state index in [9.17, 15) is 9.59 Å². The van der Waals surface area contributed by atoms with Gasteiger partial charge in [0.05, 0.1) is 19.4 Å². The van der Waals surface area contributed by atoms with Gasteiger partial charge in [-0.1, -0.05) is 54.6 Å². The Hall–Kier alpha value is -3.38. The molecule has 3 aromatic rings. The average Bonchev–Trinajstić information content (AvgIpc) is 3.32. The van der Waals surface area contributed by atoms with E-state index < -0.39 is 11.8 Å². The van der Waals surface area contributed by atoms with E-state index in [2.05, 4.69) is 34.9 Å². The Morgan fingerprint density at radius 1 is 0.900 bits per heavy atom. The molecule has 0 saturated heterocycles. The highest BCUT2D eigenvalue weighted by atomic mass is 16.3. The summed E-state index contributed by atoms with van der Waals surface area (Å²) >= 11 is 0. The fraction of sp³-hybridized carbons (Fsp3) is 0.250. The Morgan fingerprint density at radius 3 is 2.40 bits per heavy atom. The number of hydrogen-bond donors (Lipinski definition) is 3. The standard InChI is InChI=1S/C24H25N3O3/c28-23(25-15-18-7-2-1-3-8-18)24(29)26-16-21(22-11-6-14-30-22)27-13-12-19-9-4-5-10-20(19)17-27/h1-11,14,21H,12-13,15-17H2,(H,25,28)(H,26,29)/p+1/t21-/m1/s1. The molecule has 6 heteroatoms. The van der Waals surface area contributed by atoms with Crippen molar-refractivity contribution in [2.24, 2.45) is 0 Å². The van der Waals surface area contributed by atoms with Crippen molar-refractivity contribution in [2.75, 3.05) is 13.1 Å². The number of hydrogen-bond acceptors (Lipinski definition) is 3. The van der Waals surface area contributed by atoms with E-state index in [4.69, 9.17) is 4.42 Å². The summed E-state index contributed by atoms with van der Waals surface area (Å²) in [5.74, 6) is -0.440. The highest BCUT2D eigenvalue weighted by Crippen LogP contribution is 2.15. The number of furan rings is 1. The first-order valence-electron chi connectivity index (χ1n) is 10.3. The van der Waals surface area contributed by atoms with Crippen LogP contribution in [0.3, 0.4) is 0 Å². The summed E-state index contributed by atoms with van der Waals surface area (Å²) in [7, 11) is 0. The largest absolute Gasteiger partial charge is 0.463 e. The fourth-order valence-corrected chi connectivity index (χ4v) is 3.97. The van der Waals surface area contributed by atoms with E-state index in [0.717, 1.165) is 30.8 Å². The molecule has 2 heterocycles. The maximum atomic E-state index is 12.4. The van der Waals surface area contributed by atoms with Gasteiger partial charge in [0.15, 0.2) is 11.8 Å². The van der Waals surface area contributed by atoms with Crippen molar-refractivity contribution >= 4 is 11.8 Å². The number of carbonyl (C=O) groups is 2. The second-order valence-corrected chi connectivity index (χ2v) is 7.55. The Bertz CT molecular complexity index is 986. The summed E-state index contributed by atoms with van der Waals surface area (Å²) in [5.41, 5.74) is 3.65. The van der Waals surface area contributed by atoms with E-state index in [1.165, 1.54) is 16.0 Å². The smallest absolute Gasteiger partial charge is 0.309 e. The average molecular weight is 404 g/mol. The number of amides is 2. The molecule has 2 amide bonds. The van der Waals surface area contributed by atoms with Gasteiger partial charge in [-0.3, -0.25) is 9.59 Å². The molecule has 6 nitrogen and oxygen atoms in total. The second-order valence-electron chi connectivity index (χ2n) is 7.55. The number of quaternary nitrogens is 1. The van der Waals surface area contributed by atoms with Crippen molar-refractivity contribution in [1.82, 2.24) is 10.6 Å². The minimum Gasteiger partial charge on any atom is -0.463 e. The van der Waals surface area contributed by atoms with Crippen LogP contribution in [0, 0.1) is 0 Å². The van der Waals surface area contributed by atoms with Gasteiger partial charge >= 0.3 is 11.8 Å². The van der Waals surface area contributed by atoms with Crippen molar-refractivity contribution in [1.29, 1.82) is 0 Å². The summed E-state index contributed by atoms with van der Waals surface area (Å²) in [5, 5.41) is 5.47. The zero-order valence-corrected chi connectivity index (χ0v) is 16.8. The molecule has 1 aromatic heterocycles. The number of carbonyl (C=O) groups excluding carboxylic acids is 2. The summed E-state index contributed by atoms with van der Waals surface area (Å²) < 4.78 is 5.66. The molecule has 1 unspecified atom stereocenters. The maximum absolute atomic E-state index is 12.4. The first-order chi connectivity index (χ1) is 14.7. The van der Waals surface area contributed by atoms with Gasteiger partial charge in [0.2, 0.25) is 0 Å². The number of nitrogens with one attached hydrogen (secondary N) is 3. The van der Waals surface area contributed by atoms with Gasteiger partial charge in [-0.15, -0.1) is 0 Å². The van der Waals surface area contributed by atoms with E-state index in [1.54, 1.807) is 6.26 Å². The van der Waals surface area contributed by atoms with Crippen molar-refractivity contribution in [2.45, 2.75) is 25.6 Å². The molecule has 0 fully saturated rings. The predicted molar refractivity (Wildman–Crippen MR) is 112 cm³/mol. The monoisotopic (exact) mass is 404 g/mol. The lowest BCUT2D eigenvalue weighted by molar-refractivity contribution is -0.946. The van der Waals surface area contributed by atoms with Crippen LogP contribution < -0.4 is 15.5 Å². The quantitative estimate of drug-likeness (QED) is 0.544. The normalized spacial score (nSPS) is 16.3. The molecular weight excluding hydrogens is 378 g/mol. The van der Waals surface area contributed by atoms with Crippen molar-refractivity contribution in [3.8, 4) is 0 Å². The lowest BCUT2D eigenvalue weighted by Crippen LogP contribution is -3.12. The third-order valence-electron chi connectivity index (χ3n) is 5.60. The Balaban J connectivity index is 1.37. The number of rotatable bonds is 6. The van der Waals surface area contributed by atoms with Crippen LogP contribution in [-0.2, 0) is 29.1 Å². The summed E-state index contributed by atoms with van der Waals surface area (Å²) in [4.78, 5) is 25.9. The zero-order valence-electron chi connectivity index (χ0n) is 16.8. The van der Waals surface area contributed by atoms with Crippen LogP contribution in [0.15, 0.2) is 77.4 Å². The molecule has 2 atom stereocenters. The van der Waals surface area contributed by atoms with Gasteiger partial charge in [0.25, 0.3) is 0 Å². The maximum Gasteiger partial charge on any atom is 0.309 e. The zero-order chi connectivity index (χ0) is 20.8. The third kappa shape index (κ3) is 4.78. The molecular formula is C24H26N3O3+. The van der Waals surface area contributed by atoms with Gasteiger partial charge < -0.3 is 20.0 Å². The van der Waals surface area contributed by atoms with Crippen LogP contribution in [0.4, 0.5) is 0 Å². The van der Waals surface area contributed by atoms with Crippen molar-refractivity contribution in [3.63, 3.8) is 0 Å². The lowest BCUT2D eigenvalue weighted by atomic mass is 9.98. The van der Waals surface area contributed by atoms with Crippen LogP contribution in [0.1, 0.15) is 28.5 Å². The number of fused-ring (bicyclic) bond motifs is 1. The minimum absolute atomic E-state index is 0.0563. The van der Waals surface area contributed by atoms with Gasteiger partial charge in [-0.2, -0.15) is 0 Å². The summed E-state index contributed by atoms with van der Waals surface area (Å²) in [6.07, 6.45) is 2.63. The van der Waals surface area contributed by atoms with E-state index in [1.807, 2.05) is 42.5 Å². The van der Waals surface area contributed by atoms with Gasteiger partial charge in [0, 0.05) is 18.5 Å². The molecule has 154 valence electrons. The SMILES string of the molecule is O=C(NCc1ccccc1)C(=O)NC[C@H](c1ccco1)[NH+]1CCc2ccccc2C1. The molecule has 0 saturated carbocycles. The first kappa shape index (κ1) is 19.9. The molecule has 0 bridgehead atoms. The highest BCUT2D eigenvalue weighted by Gasteiger charge is 2.31. The summed E-state index contributed by atoms with van der Waals surface area (Å²) in [6, 6.07) is 21.7. The fourth-order valence-electron chi connectivity index (χ4n) is 3.97. The topological polar surface area (TPSA) is 75.8 Å². The van der Waals surface area contributed by atoms with Crippen molar-refractivity contribution < 1.29 is 18.9 Å². The first-order valence-corrected chi connectivity index (χ1v) is 10.3. The molecule has 1 aliphatic heterocycles. The molecule has 0 spiro atoms. The van der Waals surface area contributed by atoms with Crippen LogP contribution in [0.2, 0.25) is 0 Å². The minimum atomic E-state index is -0.629. The van der Waals surface area contributed by atoms with Gasteiger partial charge in [-0.25, -0.2) is 0 Å². The van der Waals surface area contributed by atoms with Gasteiger partial charge in [-0.05, 0) is 23.3 Å². The molecule has 4 rings (SSSR count). The van der Waals surface area contributed by atoms with E-state index in [0.29, 0.717) is 13.1 Å². The molecule has 30 heavy (non-hydrogen) atoms. The Labute approximate surface area is 175 Å². The van der Waals surface area contributed by atoms with Crippen LogP contribution >= 0.6 is 0 Å². The van der Waals surface area contributed by atoms with E-state index in [-0.39, 0.29) is 6.04 Å². The molecule has 0 radical (unpaired) electrons. The molecule has 0 aliphatic carbocycles. The van der Waals surface area contributed by atoms with Crippen molar-refractivity contribution in [3.05, 3.63) is 95.4 Å². The predicted octanol–water partition coefficient (Wildman–Crippen LogP) is 1.39. The van der Waals surface area contributed by atoms with E-state index >= 15 is 0 Å². The highest BCUT2D eigenvalue weighted by molar-refractivity contribution is 6.35. The number of benzene rings is 2.